The third-order valence-corrected chi connectivity index (χ3v) is 6.99. The van der Waals surface area contributed by atoms with Crippen molar-refractivity contribution in [3.63, 3.8) is 0 Å². The van der Waals surface area contributed by atoms with Crippen LogP contribution in [-0.4, -0.2) is 41.0 Å². The molecule has 11 heteroatoms. The molecule has 0 atom stereocenters. The number of aromatic nitrogens is 3. The maximum Gasteiger partial charge on any atom is 0.247 e. The first-order valence-electron chi connectivity index (χ1n) is 12.5. The van der Waals surface area contributed by atoms with Gasteiger partial charge in [-0.2, -0.15) is 0 Å². The van der Waals surface area contributed by atoms with Crippen molar-refractivity contribution in [1.29, 1.82) is 0 Å². The lowest BCUT2D eigenvalue weighted by Crippen LogP contribution is -2.33. The zero-order valence-electron chi connectivity index (χ0n) is 22.4. The van der Waals surface area contributed by atoms with Gasteiger partial charge in [0, 0.05) is 36.0 Å². The highest BCUT2D eigenvalue weighted by Crippen LogP contribution is 2.41. The van der Waals surface area contributed by atoms with Crippen LogP contribution in [0.5, 0.6) is 11.5 Å². The number of ether oxygens (including phenoxy) is 2. The molecule has 2 aromatic heterocycles. The summed E-state index contributed by atoms with van der Waals surface area (Å²) in [5, 5.41) is 3.23. The molecular formula is C30H27Cl2N5O4. The van der Waals surface area contributed by atoms with Crippen LogP contribution in [0.3, 0.4) is 0 Å². The van der Waals surface area contributed by atoms with Gasteiger partial charge in [0.15, 0.2) is 0 Å². The minimum Gasteiger partial charge on any atom is -0.495 e. The van der Waals surface area contributed by atoms with Gasteiger partial charge >= 0.3 is 0 Å². The average molecular weight is 592 g/mol. The lowest BCUT2D eigenvalue weighted by Gasteiger charge is -2.23. The van der Waals surface area contributed by atoms with Gasteiger partial charge in [0.1, 0.15) is 23.6 Å². The molecule has 0 saturated heterocycles. The molecule has 0 radical (unpaired) electrons. The van der Waals surface area contributed by atoms with Crippen LogP contribution < -0.4 is 19.7 Å². The predicted octanol–water partition coefficient (Wildman–Crippen LogP) is 5.69. The number of hydrogen-bond acceptors (Lipinski definition) is 7. The summed E-state index contributed by atoms with van der Waals surface area (Å²) in [6.45, 7) is 3.64. The number of methoxy groups -OCH3 is 2. The summed E-state index contributed by atoms with van der Waals surface area (Å²) in [4.78, 5) is 40.5. The van der Waals surface area contributed by atoms with Crippen LogP contribution in [0.15, 0.2) is 79.8 Å². The van der Waals surface area contributed by atoms with Crippen LogP contribution in [0, 0.1) is 0 Å². The molecule has 0 bridgehead atoms. The van der Waals surface area contributed by atoms with Gasteiger partial charge in [-0.1, -0.05) is 54.0 Å². The van der Waals surface area contributed by atoms with E-state index in [9.17, 15) is 9.59 Å². The van der Waals surface area contributed by atoms with E-state index in [-0.39, 0.29) is 34.8 Å². The van der Waals surface area contributed by atoms with Gasteiger partial charge in [-0.3, -0.25) is 19.5 Å². The molecule has 2 amide bonds. The van der Waals surface area contributed by atoms with Crippen molar-refractivity contribution in [2.45, 2.75) is 19.4 Å². The van der Waals surface area contributed by atoms with Crippen LogP contribution in [0.25, 0.3) is 0 Å². The number of amides is 2. The first-order valence-corrected chi connectivity index (χ1v) is 13.2. The average Bonchev–Trinajstić information content (AvgIpc) is 2.99. The number of carbonyl (C=O) groups is 2. The molecule has 9 nitrogen and oxygen atoms in total. The van der Waals surface area contributed by atoms with E-state index in [1.807, 2.05) is 30.3 Å². The van der Waals surface area contributed by atoms with Crippen molar-refractivity contribution in [3.8, 4) is 11.5 Å². The first kappa shape index (κ1) is 29.5. The van der Waals surface area contributed by atoms with Crippen molar-refractivity contribution in [2.75, 3.05) is 24.4 Å². The Labute approximate surface area is 247 Å². The third-order valence-electron chi connectivity index (χ3n) is 6.16. The Kier molecular flexibility index (Phi) is 9.89. The van der Waals surface area contributed by atoms with Crippen molar-refractivity contribution in [3.05, 3.63) is 112 Å². The number of anilines is 2. The number of pyridine rings is 1. The summed E-state index contributed by atoms with van der Waals surface area (Å²) in [5.41, 5.74) is 3.11. The summed E-state index contributed by atoms with van der Waals surface area (Å²) in [6.07, 6.45) is 4.46. The molecule has 210 valence electrons. The minimum atomic E-state index is -0.335. The smallest absolute Gasteiger partial charge is 0.247 e. The van der Waals surface area contributed by atoms with E-state index in [1.165, 1.54) is 31.5 Å². The fraction of sp³-hybridized carbons (Fsp3) is 0.167. The van der Waals surface area contributed by atoms with E-state index in [0.717, 1.165) is 5.56 Å². The molecule has 2 heterocycles. The molecule has 1 N–H and O–H groups in total. The van der Waals surface area contributed by atoms with Gasteiger partial charge in [-0.05, 0) is 29.8 Å². The number of nitrogens with one attached hydrogen (secondary N) is 1. The van der Waals surface area contributed by atoms with Crippen LogP contribution in [0.1, 0.15) is 22.5 Å². The lowest BCUT2D eigenvalue weighted by atomic mass is 10.1. The monoisotopic (exact) mass is 591 g/mol. The maximum absolute atomic E-state index is 13.9. The second-order valence-corrected chi connectivity index (χ2v) is 9.52. The zero-order valence-corrected chi connectivity index (χ0v) is 23.9. The van der Waals surface area contributed by atoms with Gasteiger partial charge in [0.05, 0.1) is 48.6 Å². The van der Waals surface area contributed by atoms with Gasteiger partial charge in [-0.15, -0.1) is 0 Å². The molecule has 41 heavy (non-hydrogen) atoms. The second kappa shape index (κ2) is 13.7. The van der Waals surface area contributed by atoms with Crippen molar-refractivity contribution >= 4 is 46.5 Å². The Bertz CT molecular complexity index is 1540. The number of halogens is 2. The number of benzene rings is 2. The largest absolute Gasteiger partial charge is 0.495 e. The summed E-state index contributed by atoms with van der Waals surface area (Å²) in [7, 11) is 2.94. The molecule has 0 fully saturated rings. The molecule has 0 unspecified atom stereocenters. The minimum absolute atomic E-state index is 0.137. The molecule has 4 aromatic rings. The Morgan fingerprint density at radius 1 is 0.951 bits per heavy atom. The molecular weight excluding hydrogens is 565 g/mol. The van der Waals surface area contributed by atoms with Crippen LogP contribution in [0.4, 0.5) is 11.5 Å². The van der Waals surface area contributed by atoms with E-state index in [1.54, 1.807) is 30.5 Å². The van der Waals surface area contributed by atoms with E-state index in [0.29, 0.717) is 46.4 Å². The van der Waals surface area contributed by atoms with E-state index >= 15 is 0 Å². The number of carbonyl (C=O) groups excluding carboxylic acids is 2. The molecule has 0 aliphatic heterocycles. The number of rotatable bonds is 11. The molecule has 2 aromatic carbocycles. The van der Waals surface area contributed by atoms with Crippen LogP contribution in [-0.2, 0) is 29.0 Å². The zero-order chi connectivity index (χ0) is 29.4. The van der Waals surface area contributed by atoms with Gasteiger partial charge in [-0.25, -0.2) is 9.97 Å². The molecule has 4 rings (SSSR count). The Morgan fingerprint density at radius 2 is 1.66 bits per heavy atom. The first-order chi connectivity index (χ1) is 19.8. The quantitative estimate of drug-likeness (QED) is 0.223. The number of nitrogens with zero attached hydrogens (tertiary/aromatic N) is 4. The highest BCUT2D eigenvalue weighted by atomic mass is 35.5. The Balaban J connectivity index is 1.69. The number of hydrogen-bond donors (Lipinski definition) is 1. The Hall–Kier alpha value is -4.47. The van der Waals surface area contributed by atoms with Gasteiger partial charge < -0.3 is 14.8 Å². The molecule has 0 aliphatic carbocycles. The van der Waals surface area contributed by atoms with Crippen molar-refractivity contribution in [2.24, 2.45) is 0 Å². The lowest BCUT2D eigenvalue weighted by molar-refractivity contribution is -0.118. The molecule has 0 aliphatic rings. The molecule has 0 saturated carbocycles. The number of para-hydroxylation sites is 1. The standard InChI is InChI=1S/C30H27Cl2N5O4/c1-4-27(38)36-23-11-6-5-9-19(23)13-21-14-26(35-18-34-21)37(17-20-10-7-8-12-33-20)28(39)15-22-29(31)24(40-2)16-25(41-3)30(22)32/h4-12,14,16,18H,1,13,15,17H2,2-3H3,(H,36,38). The van der Waals surface area contributed by atoms with Gasteiger partial charge in [0.2, 0.25) is 11.8 Å². The van der Waals surface area contributed by atoms with Crippen molar-refractivity contribution in [1.82, 2.24) is 15.0 Å². The summed E-state index contributed by atoms with van der Waals surface area (Å²) in [5.74, 6) is 0.370. The normalized spacial score (nSPS) is 10.5. The SMILES string of the molecule is C=CC(=O)Nc1ccccc1Cc1cc(N(Cc2ccccn2)C(=O)Cc2c(Cl)c(OC)cc(OC)c2Cl)ncn1. The van der Waals surface area contributed by atoms with E-state index in [4.69, 9.17) is 32.7 Å². The maximum atomic E-state index is 13.9. The highest BCUT2D eigenvalue weighted by molar-refractivity contribution is 6.38. The van der Waals surface area contributed by atoms with E-state index < -0.39 is 0 Å². The summed E-state index contributed by atoms with van der Waals surface area (Å²) in [6, 6.07) is 16.1. The second-order valence-electron chi connectivity index (χ2n) is 8.76. The van der Waals surface area contributed by atoms with Crippen molar-refractivity contribution < 1.29 is 19.1 Å². The molecule has 0 spiro atoms. The third kappa shape index (κ3) is 7.19. The van der Waals surface area contributed by atoms with E-state index in [2.05, 4.69) is 26.8 Å². The van der Waals surface area contributed by atoms with Crippen LogP contribution >= 0.6 is 23.2 Å². The highest BCUT2D eigenvalue weighted by Gasteiger charge is 2.25. The summed E-state index contributed by atoms with van der Waals surface area (Å²) < 4.78 is 10.7. The fourth-order valence-corrected chi connectivity index (χ4v) is 4.73. The topological polar surface area (TPSA) is 107 Å². The Morgan fingerprint density at radius 3 is 2.32 bits per heavy atom. The predicted molar refractivity (Wildman–Crippen MR) is 159 cm³/mol. The van der Waals surface area contributed by atoms with Crippen LogP contribution in [0.2, 0.25) is 10.0 Å². The fourth-order valence-electron chi connectivity index (χ4n) is 4.09. The summed E-state index contributed by atoms with van der Waals surface area (Å²) >= 11 is 13.1. The van der Waals surface area contributed by atoms with Gasteiger partial charge in [0.25, 0.3) is 0 Å².